The molecule has 1 N–H and O–H groups in total. The molecule has 0 bridgehead atoms. The molecule has 0 unspecified atom stereocenters. The molecule has 6 nitrogen and oxygen atoms in total. The quantitative estimate of drug-likeness (QED) is 0.669. The van der Waals surface area contributed by atoms with Crippen LogP contribution < -0.4 is 5.32 Å². The van der Waals surface area contributed by atoms with Gasteiger partial charge in [0.25, 0.3) is 11.6 Å². The second-order valence-corrected chi connectivity index (χ2v) is 4.96. The lowest BCUT2D eigenvalue weighted by atomic mass is 10.1. The van der Waals surface area contributed by atoms with Gasteiger partial charge in [-0.1, -0.05) is 11.6 Å². The molecule has 1 atom stereocenters. The van der Waals surface area contributed by atoms with E-state index in [1.54, 1.807) is 4.90 Å². The molecular formula is C12H15Cl2N3O3. The second-order valence-electron chi connectivity index (χ2n) is 4.52. The topological polar surface area (TPSA) is 75.5 Å². The van der Waals surface area contributed by atoms with Crippen molar-refractivity contribution in [3.63, 3.8) is 0 Å². The van der Waals surface area contributed by atoms with E-state index >= 15 is 0 Å². The number of nitro groups is 1. The zero-order valence-corrected chi connectivity index (χ0v) is 12.4. The fourth-order valence-corrected chi connectivity index (χ4v) is 2.29. The molecule has 110 valence electrons. The minimum Gasteiger partial charge on any atom is -0.336 e. The van der Waals surface area contributed by atoms with Gasteiger partial charge >= 0.3 is 0 Å². The zero-order valence-electron chi connectivity index (χ0n) is 10.8. The molecule has 0 aromatic heterocycles. The van der Waals surface area contributed by atoms with Gasteiger partial charge < -0.3 is 10.2 Å². The summed E-state index contributed by atoms with van der Waals surface area (Å²) in [4.78, 5) is 24.4. The van der Waals surface area contributed by atoms with Gasteiger partial charge in [-0.2, -0.15) is 0 Å². The summed E-state index contributed by atoms with van der Waals surface area (Å²) < 4.78 is 0. The van der Waals surface area contributed by atoms with Crippen molar-refractivity contribution >= 4 is 35.6 Å². The van der Waals surface area contributed by atoms with Gasteiger partial charge in [0.05, 0.1) is 4.92 Å². The normalized spacial score (nSPS) is 18.3. The minimum atomic E-state index is -0.579. The summed E-state index contributed by atoms with van der Waals surface area (Å²) in [7, 11) is 0. The molecule has 20 heavy (non-hydrogen) atoms. The first-order chi connectivity index (χ1) is 8.99. The highest BCUT2D eigenvalue weighted by Gasteiger charge is 2.27. The minimum absolute atomic E-state index is 0. The Labute approximate surface area is 127 Å². The van der Waals surface area contributed by atoms with Crippen molar-refractivity contribution in [1.82, 2.24) is 10.2 Å². The van der Waals surface area contributed by atoms with Gasteiger partial charge in [-0.15, -0.1) is 12.4 Å². The number of hydrogen-bond donors (Lipinski definition) is 1. The number of nitrogens with zero attached hydrogens (tertiary/aromatic N) is 2. The smallest absolute Gasteiger partial charge is 0.283 e. The Balaban J connectivity index is 0.00000200. The zero-order chi connectivity index (χ0) is 14.0. The molecule has 1 fully saturated rings. The van der Waals surface area contributed by atoms with Crippen molar-refractivity contribution in [2.45, 2.75) is 13.0 Å². The summed E-state index contributed by atoms with van der Waals surface area (Å²) in [6, 6.07) is 4.30. The highest BCUT2D eigenvalue weighted by atomic mass is 35.5. The summed E-state index contributed by atoms with van der Waals surface area (Å²) >= 11 is 5.74. The third-order valence-corrected chi connectivity index (χ3v) is 3.28. The summed E-state index contributed by atoms with van der Waals surface area (Å²) in [5.41, 5.74) is -0.160. The predicted molar refractivity (Wildman–Crippen MR) is 78.7 cm³/mol. The van der Waals surface area contributed by atoms with Crippen LogP contribution in [0.15, 0.2) is 18.2 Å². The molecule has 8 heteroatoms. The van der Waals surface area contributed by atoms with E-state index in [0.29, 0.717) is 19.6 Å². The molecular weight excluding hydrogens is 305 g/mol. The summed E-state index contributed by atoms with van der Waals surface area (Å²) in [6.45, 7) is 3.74. The van der Waals surface area contributed by atoms with E-state index < -0.39 is 4.92 Å². The maximum absolute atomic E-state index is 12.3. The molecule has 0 radical (unpaired) electrons. The number of nitrogens with one attached hydrogen (secondary N) is 1. The number of carbonyl (C=O) groups excluding carboxylic acids is 1. The fourth-order valence-electron chi connectivity index (χ4n) is 2.12. The molecule has 2 rings (SSSR count). The summed E-state index contributed by atoms with van der Waals surface area (Å²) in [5, 5.41) is 14.5. The lowest BCUT2D eigenvalue weighted by Gasteiger charge is -2.31. The Bertz CT molecular complexity index is 525. The number of amides is 1. The number of rotatable bonds is 2. The predicted octanol–water partition coefficient (Wildman–Crippen LogP) is 2.10. The Morgan fingerprint density at radius 1 is 1.55 bits per heavy atom. The molecule has 1 aliphatic heterocycles. The van der Waals surface area contributed by atoms with Crippen LogP contribution in [0.4, 0.5) is 5.69 Å². The average molecular weight is 320 g/mol. The molecule has 0 aliphatic carbocycles. The van der Waals surface area contributed by atoms with E-state index in [0.717, 1.165) is 0 Å². The fraction of sp³-hybridized carbons (Fsp3) is 0.417. The van der Waals surface area contributed by atoms with E-state index in [9.17, 15) is 14.9 Å². The Morgan fingerprint density at radius 2 is 2.25 bits per heavy atom. The first-order valence-corrected chi connectivity index (χ1v) is 6.33. The van der Waals surface area contributed by atoms with Gasteiger partial charge in [0.1, 0.15) is 5.56 Å². The Hall–Kier alpha value is -1.37. The number of hydrogen-bond acceptors (Lipinski definition) is 4. The van der Waals surface area contributed by atoms with E-state index in [2.05, 4.69) is 5.32 Å². The van der Waals surface area contributed by atoms with Gasteiger partial charge in [-0.3, -0.25) is 14.9 Å². The van der Waals surface area contributed by atoms with E-state index in [1.807, 2.05) is 6.92 Å². The third kappa shape index (κ3) is 3.59. The van der Waals surface area contributed by atoms with Crippen molar-refractivity contribution in [1.29, 1.82) is 0 Å². The third-order valence-electron chi connectivity index (χ3n) is 3.04. The van der Waals surface area contributed by atoms with Gasteiger partial charge in [0, 0.05) is 36.8 Å². The van der Waals surface area contributed by atoms with Crippen LogP contribution in [-0.2, 0) is 0 Å². The van der Waals surface area contributed by atoms with E-state index in [-0.39, 0.29) is 40.6 Å². The van der Waals surface area contributed by atoms with E-state index in [1.165, 1.54) is 18.2 Å². The van der Waals surface area contributed by atoms with Crippen molar-refractivity contribution in [3.05, 3.63) is 38.9 Å². The molecule has 1 heterocycles. The highest BCUT2D eigenvalue weighted by Crippen LogP contribution is 2.24. The van der Waals surface area contributed by atoms with Crippen molar-refractivity contribution in [3.8, 4) is 0 Å². The summed E-state index contributed by atoms with van der Waals surface area (Å²) in [5.74, 6) is -0.322. The molecule has 0 saturated carbocycles. The number of halogens is 2. The van der Waals surface area contributed by atoms with Crippen molar-refractivity contribution < 1.29 is 9.72 Å². The molecule has 0 spiro atoms. The largest absolute Gasteiger partial charge is 0.336 e. The van der Waals surface area contributed by atoms with Crippen LogP contribution in [0.5, 0.6) is 0 Å². The van der Waals surface area contributed by atoms with Crippen LogP contribution >= 0.6 is 24.0 Å². The van der Waals surface area contributed by atoms with Gasteiger partial charge in [0.15, 0.2) is 0 Å². The van der Waals surface area contributed by atoms with Crippen molar-refractivity contribution in [2.24, 2.45) is 0 Å². The Kier molecular flexibility index (Phi) is 5.74. The monoisotopic (exact) mass is 319 g/mol. The maximum Gasteiger partial charge on any atom is 0.283 e. The lowest BCUT2D eigenvalue weighted by molar-refractivity contribution is -0.385. The number of carbonyl (C=O) groups is 1. The Morgan fingerprint density at radius 3 is 2.85 bits per heavy atom. The average Bonchev–Trinajstić information content (AvgIpc) is 2.37. The first-order valence-electron chi connectivity index (χ1n) is 5.95. The standard InChI is InChI=1S/C12H14ClN3O3.ClH/c1-8-7-15(5-4-14-8)12(17)10-3-2-9(13)6-11(10)16(18)19;/h2-3,6,8,14H,4-5,7H2,1H3;1H/t8-;/m1./s1. The SMILES string of the molecule is C[C@@H]1CN(C(=O)c2ccc(Cl)cc2[N+](=O)[O-])CCN1.Cl. The van der Waals surface area contributed by atoms with E-state index in [4.69, 9.17) is 11.6 Å². The number of piperazine rings is 1. The van der Waals surface area contributed by atoms with Crippen LogP contribution in [0.3, 0.4) is 0 Å². The molecule has 1 aromatic carbocycles. The van der Waals surface area contributed by atoms with Crippen LogP contribution in [0.1, 0.15) is 17.3 Å². The number of nitro benzene ring substituents is 1. The van der Waals surface area contributed by atoms with Crippen LogP contribution in [0.25, 0.3) is 0 Å². The second kappa shape index (κ2) is 6.88. The maximum atomic E-state index is 12.3. The van der Waals surface area contributed by atoms with Gasteiger partial charge in [0.2, 0.25) is 0 Å². The molecule has 1 aliphatic rings. The van der Waals surface area contributed by atoms with Gasteiger partial charge in [-0.25, -0.2) is 0 Å². The number of benzene rings is 1. The highest BCUT2D eigenvalue weighted by molar-refractivity contribution is 6.31. The van der Waals surface area contributed by atoms with Crippen molar-refractivity contribution in [2.75, 3.05) is 19.6 Å². The molecule has 1 aromatic rings. The first kappa shape index (κ1) is 16.7. The van der Waals surface area contributed by atoms with Crippen LogP contribution in [0.2, 0.25) is 5.02 Å². The van der Waals surface area contributed by atoms with Gasteiger partial charge in [-0.05, 0) is 19.1 Å². The van der Waals surface area contributed by atoms with Crippen LogP contribution in [0, 0.1) is 10.1 Å². The van der Waals surface area contributed by atoms with Crippen LogP contribution in [-0.4, -0.2) is 41.4 Å². The summed E-state index contributed by atoms with van der Waals surface area (Å²) in [6.07, 6.45) is 0. The lowest BCUT2D eigenvalue weighted by Crippen LogP contribution is -2.51. The molecule has 1 saturated heterocycles. The molecule has 1 amide bonds.